The maximum atomic E-state index is 15.9. The van der Waals surface area contributed by atoms with E-state index in [0.717, 1.165) is 23.8 Å². The lowest BCUT2D eigenvalue weighted by molar-refractivity contribution is -0.146. The number of para-hydroxylation sites is 1. The van der Waals surface area contributed by atoms with Crippen LogP contribution < -0.4 is 16.0 Å². The summed E-state index contributed by atoms with van der Waals surface area (Å²) in [6, 6.07) is 12.3. The van der Waals surface area contributed by atoms with Crippen LogP contribution in [0, 0.1) is 23.6 Å². The van der Waals surface area contributed by atoms with E-state index in [-0.39, 0.29) is 29.3 Å². The van der Waals surface area contributed by atoms with E-state index in [1.54, 1.807) is 71.9 Å². The first-order chi connectivity index (χ1) is 23.6. The maximum Gasteiger partial charge on any atom is 0.477 e. The van der Waals surface area contributed by atoms with E-state index in [4.69, 9.17) is 19.3 Å². The van der Waals surface area contributed by atoms with E-state index in [9.17, 15) is 32.1 Å². The van der Waals surface area contributed by atoms with Gasteiger partial charge >= 0.3 is 14.0 Å². The average molecular weight is 741 g/mol. The molecule has 0 bridgehead atoms. The van der Waals surface area contributed by atoms with Gasteiger partial charge in [0.25, 0.3) is 5.91 Å². The number of benzodiazepines with no additional fused rings is 1. The molecule has 1 aliphatic carbocycles. The summed E-state index contributed by atoms with van der Waals surface area (Å²) in [7, 11) is -4.49. The van der Waals surface area contributed by atoms with Gasteiger partial charge in [-0.05, 0) is 66.4 Å². The normalized spacial score (nSPS) is 18.4. The van der Waals surface area contributed by atoms with Crippen LogP contribution in [0.5, 0.6) is 0 Å². The van der Waals surface area contributed by atoms with Gasteiger partial charge in [-0.2, -0.15) is 13.2 Å². The minimum absolute atomic E-state index is 0.0253. The largest absolute Gasteiger partial charge is 0.477 e. The molecule has 3 N–H and O–H groups in total. The number of phosphoric acid groups is 1. The number of aliphatic imine (C=N–C) groups is 1. The van der Waals surface area contributed by atoms with Gasteiger partial charge in [0.05, 0.1) is 22.6 Å². The predicted octanol–water partition coefficient (Wildman–Crippen LogP) is 7.02. The second kappa shape index (κ2) is 15.5. The van der Waals surface area contributed by atoms with Crippen molar-refractivity contribution >= 4 is 36.9 Å². The molecular formula is C35H45F4N4O7P. The van der Waals surface area contributed by atoms with E-state index in [2.05, 4.69) is 10.3 Å². The summed E-state index contributed by atoms with van der Waals surface area (Å²) < 4.78 is 87.2. The fraction of sp³-hybridized carbons (Fsp3) is 0.543. The van der Waals surface area contributed by atoms with Gasteiger partial charge in [-0.25, -0.2) is 13.9 Å². The average Bonchev–Trinajstić information content (AvgIpc) is 3.82. The number of alkyl halides is 3. The van der Waals surface area contributed by atoms with Gasteiger partial charge in [-0.3, -0.25) is 32.9 Å². The Kier molecular flexibility index (Phi) is 12.2. The van der Waals surface area contributed by atoms with Crippen molar-refractivity contribution in [2.75, 3.05) is 11.6 Å². The number of fused-ring (bicyclic) bond motifs is 1. The van der Waals surface area contributed by atoms with Gasteiger partial charge in [0.2, 0.25) is 18.0 Å². The number of benzene rings is 2. The number of anilines is 1. The summed E-state index contributed by atoms with van der Waals surface area (Å²) in [5.41, 5.74) is 3.73. The van der Waals surface area contributed by atoms with Crippen LogP contribution in [0.25, 0.3) is 0 Å². The highest BCUT2D eigenvalue weighted by atomic mass is 31.2. The second-order valence-corrected chi connectivity index (χ2v) is 16.2. The lowest BCUT2D eigenvalue weighted by atomic mass is 9.83. The van der Waals surface area contributed by atoms with Gasteiger partial charge in [0.1, 0.15) is 12.5 Å². The quantitative estimate of drug-likeness (QED) is 0.156. The molecule has 0 spiro atoms. The fourth-order valence-electron chi connectivity index (χ4n) is 5.68. The zero-order valence-corrected chi connectivity index (χ0v) is 30.4. The number of nitrogens with two attached hydrogens (primary N) is 1. The van der Waals surface area contributed by atoms with E-state index >= 15 is 4.39 Å². The number of phosphoric ester groups is 1. The number of amides is 3. The molecule has 1 saturated carbocycles. The van der Waals surface area contributed by atoms with Crippen molar-refractivity contribution in [1.29, 1.82) is 0 Å². The smallest absolute Gasteiger partial charge is 0.369 e. The summed E-state index contributed by atoms with van der Waals surface area (Å²) in [5, 5.41) is 2.43. The van der Waals surface area contributed by atoms with E-state index in [0.29, 0.717) is 5.56 Å². The van der Waals surface area contributed by atoms with Gasteiger partial charge < -0.3 is 11.1 Å². The molecule has 16 heteroatoms. The molecule has 3 amide bonds. The first-order valence-corrected chi connectivity index (χ1v) is 18.1. The molecule has 4 rings (SSSR count). The first-order valence-electron chi connectivity index (χ1n) is 16.6. The van der Waals surface area contributed by atoms with Crippen LogP contribution in [-0.4, -0.2) is 53.7 Å². The molecule has 3 unspecified atom stereocenters. The third-order valence-corrected chi connectivity index (χ3v) is 9.90. The Morgan fingerprint density at radius 2 is 1.59 bits per heavy atom. The molecule has 51 heavy (non-hydrogen) atoms. The summed E-state index contributed by atoms with van der Waals surface area (Å²) in [6.45, 7) is 8.70. The van der Waals surface area contributed by atoms with E-state index < -0.39 is 86.3 Å². The van der Waals surface area contributed by atoms with E-state index in [1.165, 1.54) is 12.1 Å². The Labute approximate surface area is 294 Å². The molecule has 2 aromatic carbocycles. The Bertz CT molecular complexity index is 1650. The zero-order chi connectivity index (χ0) is 37.9. The second-order valence-electron chi connectivity index (χ2n) is 14.7. The molecule has 3 atom stereocenters. The van der Waals surface area contributed by atoms with Gasteiger partial charge in [0.15, 0.2) is 0 Å². The Morgan fingerprint density at radius 3 is 2.12 bits per heavy atom. The number of primary amides is 1. The number of hydrogen-bond donors (Lipinski definition) is 2. The van der Waals surface area contributed by atoms with Crippen LogP contribution in [0.2, 0.25) is 0 Å². The number of halogens is 4. The maximum absolute atomic E-state index is 15.9. The van der Waals surface area contributed by atoms with Crippen molar-refractivity contribution in [3.05, 3.63) is 65.5 Å². The number of rotatable bonds is 14. The minimum Gasteiger partial charge on any atom is -0.369 e. The van der Waals surface area contributed by atoms with Crippen LogP contribution >= 0.6 is 7.82 Å². The van der Waals surface area contributed by atoms with Crippen molar-refractivity contribution in [2.45, 2.75) is 97.2 Å². The molecule has 0 aromatic heterocycles. The van der Waals surface area contributed by atoms with Gasteiger partial charge in [-0.15, -0.1) is 0 Å². The highest BCUT2D eigenvalue weighted by Gasteiger charge is 2.44. The molecule has 11 nitrogen and oxygen atoms in total. The molecular weight excluding hydrogens is 695 g/mol. The van der Waals surface area contributed by atoms with Crippen LogP contribution in [0.15, 0.2) is 53.5 Å². The van der Waals surface area contributed by atoms with Crippen molar-refractivity contribution in [3.8, 4) is 0 Å². The van der Waals surface area contributed by atoms with Gasteiger partial charge in [0, 0.05) is 29.4 Å². The summed E-state index contributed by atoms with van der Waals surface area (Å²) in [4.78, 5) is 46.2. The minimum atomic E-state index is -4.65. The lowest BCUT2D eigenvalue weighted by Crippen LogP contribution is -2.51. The highest BCUT2D eigenvalue weighted by molar-refractivity contribution is 7.48. The molecule has 0 radical (unpaired) electrons. The van der Waals surface area contributed by atoms with Gasteiger partial charge in [-0.1, -0.05) is 55.3 Å². The summed E-state index contributed by atoms with van der Waals surface area (Å²) in [6.07, 6.45) is -7.08. The monoisotopic (exact) mass is 740 g/mol. The summed E-state index contributed by atoms with van der Waals surface area (Å²) in [5.74, 6) is -6.76. The topological polar surface area (TPSA) is 150 Å². The molecule has 1 fully saturated rings. The SMILES string of the molecule is CC(C)(C)OP(=O)(OCN1C(=O)C(NC(=O)C(CCC(F)(F)F)C(CC2CC2)C(N)=O)N=C(c2ccccc2)c2cccc(F)c21)OC(C)(C)C. The van der Waals surface area contributed by atoms with Crippen molar-refractivity contribution in [1.82, 2.24) is 5.32 Å². The van der Waals surface area contributed by atoms with Crippen molar-refractivity contribution in [3.63, 3.8) is 0 Å². The number of carbonyl (C=O) groups excluding carboxylic acids is 3. The predicted molar refractivity (Wildman–Crippen MR) is 182 cm³/mol. The number of hydrogen-bond acceptors (Lipinski definition) is 8. The highest BCUT2D eigenvalue weighted by Crippen LogP contribution is 2.55. The van der Waals surface area contributed by atoms with E-state index in [1.807, 2.05) is 0 Å². The van der Waals surface area contributed by atoms with Crippen LogP contribution in [0.1, 0.15) is 84.8 Å². The Balaban J connectivity index is 1.80. The third kappa shape index (κ3) is 11.4. The fourth-order valence-corrected chi connectivity index (χ4v) is 7.42. The summed E-state index contributed by atoms with van der Waals surface area (Å²) >= 11 is 0. The van der Waals surface area contributed by atoms with Crippen LogP contribution in [-0.2, 0) is 32.5 Å². The van der Waals surface area contributed by atoms with Crippen LogP contribution in [0.4, 0.5) is 23.2 Å². The number of nitrogens with one attached hydrogen (secondary N) is 1. The molecule has 0 saturated heterocycles. The molecule has 1 heterocycles. The van der Waals surface area contributed by atoms with Crippen molar-refractivity contribution in [2.24, 2.45) is 28.5 Å². The number of carbonyl (C=O) groups is 3. The molecule has 2 aromatic rings. The number of nitrogens with zero attached hydrogens (tertiary/aromatic N) is 2. The Hall–Kier alpha value is -3.65. The first kappa shape index (κ1) is 40.1. The standard InChI is InChI=1S/C35H45F4N4O7P/c1-33(2,3)49-51(47,50-34(4,5)6)48-20-43-28-24(13-10-14-26(28)36)27(22-11-8-7-9-12-22)41-30(32(43)46)42-31(45)23(17-18-35(37,38)39)25(29(40)44)19-21-15-16-21/h7-14,21,23,25,30H,15-20H2,1-6H3,(H2,40,44)(H,42,45). The zero-order valence-electron chi connectivity index (χ0n) is 29.5. The lowest BCUT2D eigenvalue weighted by Gasteiger charge is -2.33. The molecule has 2 aliphatic rings. The van der Waals surface area contributed by atoms with Crippen LogP contribution in [0.3, 0.4) is 0 Å². The third-order valence-electron chi connectivity index (χ3n) is 7.92. The molecule has 1 aliphatic heterocycles. The van der Waals surface area contributed by atoms with Crippen molar-refractivity contribution < 1.29 is 50.1 Å². The molecule has 280 valence electrons. The Morgan fingerprint density at radius 1 is 0.980 bits per heavy atom.